The molecule has 5 heteroatoms. The molecule has 1 saturated heterocycles. The number of aryl methyl sites for hydroxylation is 1. The van der Waals surface area contributed by atoms with Gasteiger partial charge in [-0.25, -0.2) is 9.97 Å². The maximum absolute atomic E-state index is 9.54. The van der Waals surface area contributed by atoms with Crippen LogP contribution in [0, 0.1) is 12.8 Å². The minimum absolute atomic E-state index is 0.245. The second-order valence-electron chi connectivity index (χ2n) is 6.73. The van der Waals surface area contributed by atoms with Crippen molar-refractivity contribution in [2.75, 3.05) is 24.6 Å². The van der Waals surface area contributed by atoms with E-state index in [1.165, 1.54) is 11.1 Å². The smallest absolute Gasteiger partial charge is 0.136 e. The first-order valence-corrected chi connectivity index (χ1v) is 8.67. The molecule has 0 bridgehead atoms. The quantitative estimate of drug-likeness (QED) is 0.919. The predicted molar refractivity (Wildman–Crippen MR) is 92.4 cm³/mol. The Morgan fingerprint density at radius 2 is 2.17 bits per heavy atom. The van der Waals surface area contributed by atoms with Gasteiger partial charge in [0, 0.05) is 31.7 Å². The zero-order valence-corrected chi connectivity index (χ0v) is 14.0. The number of anilines is 1. The number of hydrogen-bond donors (Lipinski definition) is 1. The minimum Gasteiger partial charge on any atom is -0.487 e. The van der Waals surface area contributed by atoms with Gasteiger partial charge in [-0.2, -0.15) is 0 Å². The Labute approximate surface area is 142 Å². The van der Waals surface area contributed by atoms with Crippen LogP contribution < -0.4 is 9.64 Å². The molecule has 4 rings (SSSR count). The maximum atomic E-state index is 9.54. The van der Waals surface area contributed by atoms with Crippen LogP contribution in [-0.2, 0) is 13.0 Å². The van der Waals surface area contributed by atoms with Gasteiger partial charge in [0.1, 0.15) is 24.0 Å². The van der Waals surface area contributed by atoms with Gasteiger partial charge in [0.25, 0.3) is 0 Å². The monoisotopic (exact) mass is 325 g/mol. The van der Waals surface area contributed by atoms with Crippen molar-refractivity contribution in [1.29, 1.82) is 0 Å². The molecule has 2 aliphatic heterocycles. The van der Waals surface area contributed by atoms with Gasteiger partial charge >= 0.3 is 0 Å². The highest BCUT2D eigenvalue weighted by atomic mass is 16.5. The fourth-order valence-corrected chi connectivity index (χ4v) is 3.73. The van der Waals surface area contributed by atoms with Crippen LogP contribution in [0.4, 0.5) is 5.82 Å². The lowest BCUT2D eigenvalue weighted by atomic mass is 9.97. The number of hydrogen-bond acceptors (Lipinski definition) is 5. The molecule has 126 valence electrons. The SMILES string of the molecule is Cc1nc2c(c(N3CCC[C@@H](CO)C3)n1)Cc1ccccc1OC2. The Balaban J connectivity index is 1.75. The summed E-state index contributed by atoms with van der Waals surface area (Å²) in [5, 5.41) is 9.54. The van der Waals surface area contributed by atoms with Crippen molar-refractivity contribution >= 4 is 5.82 Å². The third kappa shape index (κ3) is 2.84. The van der Waals surface area contributed by atoms with Gasteiger partial charge in [-0.1, -0.05) is 18.2 Å². The van der Waals surface area contributed by atoms with Crippen molar-refractivity contribution in [1.82, 2.24) is 9.97 Å². The van der Waals surface area contributed by atoms with Crippen molar-refractivity contribution in [2.24, 2.45) is 5.92 Å². The number of ether oxygens (including phenoxy) is 1. The summed E-state index contributed by atoms with van der Waals surface area (Å²) in [6, 6.07) is 8.18. The molecule has 1 aromatic heterocycles. The lowest BCUT2D eigenvalue weighted by Crippen LogP contribution is -2.38. The van der Waals surface area contributed by atoms with Crippen molar-refractivity contribution in [3.8, 4) is 5.75 Å². The molecule has 0 saturated carbocycles. The first kappa shape index (κ1) is 15.4. The number of aromatic nitrogens is 2. The van der Waals surface area contributed by atoms with Crippen LogP contribution in [0.1, 0.15) is 35.5 Å². The lowest BCUT2D eigenvalue weighted by Gasteiger charge is -2.34. The zero-order valence-electron chi connectivity index (χ0n) is 14.0. The van der Waals surface area contributed by atoms with Crippen LogP contribution in [0.15, 0.2) is 24.3 Å². The molecule has 3 heterocycles. The van der Waals surface area contributed by atoms with Gasteiger partial charge in [-0.3, -0.25) is 0 Å². The van der Waals surface area contributed by atoms with Gasteiger partial charge < -0.3 is 14.7 Å². The molecule has 1 atom stereocenters. The highest BCUT2D eigenvalue weighted by Crippen LogP contribution is 2.33. The van der Waals surface area contributed by atoms with Crippen LogP contribution in [0.2, 0.25) is 0 Å². The van der Waals surface area contributed by atoms with Crippen molar-refractivity contribution in [3.63, 3.8) is 0 Å². The number of piperidine rings is 1. The van der Waals surface area contributed by atoms with E-state index in [9.17, 15) is 5.11 Å². The predicted octanol–water partition coefficient (Wildman–Crippen LogP) is 2.48. The summed E-state index contributed by atoms with van der Waals surface area (Å²) in [6.07, 6.45) is 2.97. The number of aliphatic hydroxyl groups is 1. The molecule has 0 unspecified atom stereocenters. The molecule has 2 aromatic rings. The third-order valence-electron chi connectivity index (χ3n) is 4.96. The normalized spacial score (nSPS) is 19.9. The van der Waals surface area contributed by atoms with Crippen LogP contribution in [0.5, 0.6) is 5.75 Å². The zero-order chi connectivity index (χ0) is 16.5. The van der Waals surface area contributed by atoms with Crippen LogP contribution >= 0.6 is 0 Å². The second kappa shape index (κ2) is 6.40. The Morgan fingerprint density at radius 3 is 3.04 bits per heavy atom. The first-order chi connectivity index (χ1) is 11.7. The van der Waals surface area contributed by atoms with Crippen LogP contribution in [-0.4, -0.2) is 34.8 Å². The van der Waals surface area contributed by atoms with Gasteiger partial charge in [0.15, 0.2) is 0 Å². The highest BCUT2D eigenvalue weighted by molar-refractivity contribution is 5.54. The number of benzene rings is 1. The van der Waals surface area contributed by atoms with E-state index in [4.69, 9.17) is 9.72 Å². The van der Waals surface area contributed by atoms with E-state index in [0.717, 1.165) is 55.4 Å². The second-order valence-corrected chi connectivity index (χ2v) is 6.73. The van der Waals surface area contributed by atoms with E-state index >= 15 is 0 Å². The van der Waals surface area contributed by atoms with Gasteiger partial charge in [-0.05, 0) is 37.3 Å². The molecule has 5 nitrogen and oxygen atoms in total. The van der Waals surface area contributed by atoms with E-state index in [1.54, 1.807) is 0 Å². The fourth-order valence-electron chi connectivity index (χ4n) is 3.73. The van der Waals surface area contributed by atoms with Crippen LogP contribution in [0.3, 0.4) is 0 Å². The van der Waals surface area contributed by atoms with Crippen molar-refractivity contribution in [2.45, 2.75) is 32.8 Å². The molecular formula is C19H23N3O2. The Kier molecular flexibility index (Phi) is 4.10. The molecule has 24 heavy (non-hydrogen) atoms. The topological polar surface area (TPSA) is 58.5 Å². The van der Waals surface area contributed by atoms with E-state index in [1.807, 2.05) is 25.1 Å². The molecule has 1 N–H and O–H groups in total. The summed E-state index contributed by atoms with van der Waals surface area (Å²) in [7, 11) is 0. The average molecular weight is 325 g/mol. The van der Waals surface area contributed by atoms with Crippen molar-refractivity contribution in [3.05, 3.63) is 46.9 Å². The van der Waals surface area contributed by atoms with Gasteiger partial charge in [0.05, 0.1) is 5.69 Å². The standard InChI is InChI=1S/C19H23N3O2/c1-13-20-17-12-24-18-7-3-2-6-15(18)9-16(17)19(21-13)22-8-4-5-14(10-22)11-23/h2-3,6-7,14,23H,4-5,8-12H2,1H3/t14-/m1/s1. The molecule has 0 aliphatic carbocycles. The minimum atomic E-state index is 0.245. The molecule has 0 amide bonds. The first-order valence-electron chi connectivity index (χ1n) is 8.67. The number of nitrogens with zero attached hydrogens (tertiary/aromatic N) is 3. The number of fused-ring (bicyclic) bond motifs is 2. The van der Waals surface area contributed by atoms with Gasteiger partial charge in [0.2, 0.25) is 0 Å². The van der Waals surface area contributed by atoms with E-state index in [2.05, 4.69) is 16.0 Å². The van der Waals surface area contributed by atoms with E-state index < -0.39 is 0 Å². The molecule has 0 spiro atoms. The van der Waals surface area contributed by atoms with E-state index in [-0.39, 0.29) is 6.61 Å². The van der Waals surface area contributed by atoms with Gasteiger partial charge in [-0.15, -0.1) is 0 Å². The van der Waals surface area contributed by atoms with Crippen molar-refractivity contribution < 1.29 is 9.84 Å². The maximum Gasteiger partial charge on any atom is 0.136 e. The summed E-state index contributed by atoms with van der Waals surface area (Å²) in [5.41, 5.74) is 3.34. The number of aliphatic hydroxyl groups excluding tert-OH is 1. The lowest BCUT2D eigenvalue weighted by molar-refractivity contribution is 0.208. The van der Waals surface area contributed by atoms with Crippen LogP contribution in [0.25, 0.3) is 0 Å². The van der Waals surface area contributed by atoms with E-state index in [0.29, 0.717) is 12.5 Å². The summed E-state index contributed by atoms with van der Waals surface area (Å²) in [5.74, 6) is 3.07. The molecule has 0 radical (unpaired) electrons. The largest absolute Gasteiger partial charge is 0.487 e. The molecule has 1 fully saturated rings. The molecular weight excluding hydrogens is 302 g/mol. The third-order valence-corrected chi connectivity index (χ3v) is 4.96. The summed E-state index contributed by atoms with van der Waals surface area (Å²) >= 11 is 0. The number of rotatable bonds is 2. The average Bonchev–Trinajstić information content (AvgIpc) is 2.80. The molecule has 2 aliphatic rings. The summed E-state index contributed by atoms with van der Waals surface area (Å²) < 4.78 is 5.97. The Morgan fingerprint density at radius 1 is 1.29 bits per heavy atom. The Hall–Kier alpha value is -2.14. The number of para-hydroxylation sites is 1. The Bertz CT molecular complexity index is 747. The molecule has 1 aromatic carbocycles. The summed E-state index contributed by atoms with van der Waals surface area (Å²) in [6.45, 7) is 4.52. The fraction of sp³-hybridized carbons (Fsp3) is 0.474. The highest BCUT2D eigenvalue weighted by Gasteiger charge is 2.26. The summed E-state index contributed by atoms with van der Waals surface area (Å²) in [4.78, 5) is 11.7.